The Bertz CT molecular complexity index is 939. The first-order valence-corrected chi connectivity index (χ1v) is 10.4. The minimum atomic E-state index is -0.247. The molecular weight excluding hydrogens is 416 g/mol. The molecule has 1 aliphatic rings. The van der Waals surface area contributed by atoms with Crippen molar-refractivity contribution >= 4 is 33.2 Å². The maximum absolute atomic E-state index is 12.5. The van der Waals surface area contributed by atoms with E-state index >= 15 is 0 Å². The Labute approximate surface area is 173 Å². The molecule has 4 rings (SSSR count). The Hall–Kier alpha value is -2.53. The van der Waals surface area contributed by atoms with Gasteiger partial charge in [0.2, 0.25) is 0 Å². The van der Waals surface area contributed by atoms with Crippen molar-refractivity contribution in [3.8, 4) is 11.3 Å². The molecule has 0 atom stereocenters. The monoisotopic (exact) mass is 438 g/mol. The van der Waals surface area contributed by atoms with Gasteiger partial charge >= 0.3 is 0 Å². The Balaban J connectivity index is 1.40. The molecule has 4 nitrogen and oxygen atoms in total. The van der Waals surface area contributed by atoms with Crippen LogP contribution in [0.25, 0.3) is 11.3 Å². The van der Waals surface area contributed by atoms with E-state index in [9.17, 15) is 4.79 Å². The first kappa shape index (κ1) is 18.8. The van der Waals surface area contributed by atoms with Crippen molar-refractivity contribution in [2.75, 3.05) is 23.3 Å². The summed E-state index contributed by atoms with van der Waals surface area (Å²) in [5.74, 6) is 1.53. The molecule has 1 aromatic heterocycles. The largest absolute Gasteiger partial charge is 0.451 e. The molecule has 144 valence electrons. The van der Waals surface area contributed by atoms with Gasteiger partial charge in [0.15, 0.2) is 5.76 Å². The third kappa shape index (κ3) is 4.30. The predicted octanol–water partition coefficient (Wildman–Crippen LogP) is 6.20. The molecule has 0 radical (unpaired) electrons. The minimum absolute atomic E-state index is 0.247. The molecule has 1 N–H and O–H groups in total. The van der Waals surface area contributed by atoms with Crippen LogP contribution in [0.2, 0.25) is 0 Å². The number of hydrogen-bond acceptors (Lipinski definition) is 3. The van der Waals surface area contributed by atoms with Gasteiger partial charge in [-0.1, -0.05) is 35.0 Å². The molecule has 0 spiro atoms. The lowest BCUT2D eigenvalue weighted by Crippen LogP contribution is -2.32. The van der Waals surface area contributed by atoms with Crippen LogP contribution in [0.15, 0.2) is 69.6 Å². The Morgan fingerprint density at radius 1 is 1.00 bits per heavy atom. The lowest BCUT2D eigenvalue weighted by molar-refractivity contribution is 0.0997. The minimum Gasteiger partial charge on any atom is -0.451 e. The lowest BCUT2D eigenvalue weighted by Gasteiger charge is -2.32. The predicted molar refractivity (Wildman–Crippen MR) is 117 cm³/mol. The Kier molecular flexibility index (Phi) is 5.53. The molecule has 1 saturated heterocycles. The summed E-state index contributed by atoms with van der Waals surface area (Å²) in [6.07, 6.45) is 2.47. The number of anilines is 2. The molecular formula is C23H23BrN2O2. The number of rotatable bonds is 4. The van der Waals surface area contributed by atoms with Crippen LogP contribution in [0.1, 0.15) is 30.3 Å². The topological polar surface area (TPSA) is 45.5 Å². The van der Waals surface area contributed by atoms with E-state index in [0.717, 1.165) is 34.7 Å². The quantitative estimate of drug-likeness (QED) is 0.527. The van der Waals surface area contributed by atoms with E-state index in [1.54, 1.807) is 6.07 Å². The van der Waals surface area contributed by atoms with Gasteiger partial charge in [-0.15, -0.1) is 0 Å². The Morgan fingerprint density at radius 2 is 1.68 bits per heavy atom. The molecule has 0 aliphatic carbocycles. The average molecular weight is 439 g/mol. The van der Waals surface area contributed by atoms with Crippen molar-refractivity contribution in [1.82, 2.24) is 0 Å². The van der Waals surface area contributed by atoms with Gasteiger partial charge in [-0.25, -0.2) is 0 Å². The molecule has 3 aromatic rings. The van der Waals surface area contributed by atoms with E-state index in [1.807, 2.05) is 42.5 Å². The number of nitrogens with zero attached hydrogens (tertiary/aromatic N) is 1. The molecule has 0 saturated carbocycles. The second-order valence-corrected chi connectivity index (χ2v) is 8.26. The van der Waals surface area contributed by atoms with Gasteiger partial charge in [0.1, 0.15) is 5.76 Å². The zero-order chi connectivity index (χ0) is 19.5. The first-order chi connectivity index (χ1) is 13.6. The van der Waals surface area contributed by atoms with E-state index in [1.165, 1.54) is 18.5 Å². The summed E-state index contributed by atoms with van der Waals surface area (Å²) < 4.78 is 6.74. The van der Waals surface area contributed by atoms with Crippen LogP contribution in [0.3, 0.4) is 0 Å². The highest BCUT2D eigenvalue weighted by molar-refractivity contribution is 9.10. The highest BCUT2D eigenvalue weighted by Gasteiger charge is 2.16. The third-order valence-corrected chi connectivity index (χ3v) is 5.76. The third-order valence-electron chi connectivity index (χ3n) is 5.23. The number of halogens is 1. The van der Waals surface area contributed by atoms with Crippen LogP contribution < -0.4 is 10.2 Å². The maximum Gasteiger partial charge on any atom is 0.291 e. The molecule has 1 fully saturated rings. The highest BCUT2D eigenvalue weighted by Crippen LogP contribution is 2.26. The maximum atomic E-state index is 12.5. The molecule has 0 unspecified atom stereocenters. The zero-order valence-electron chi connectivity index (χ0n) is 15.8. The van der Waals surface area contributed by atoms with Crippen molar-refractivity contribution in [3.05, 3.63) is 70.9 Å². The summed E-state index contributed by atoms with van der Waals surface area (Å²) >= 11 is 3.42. The number of hydrogen-bond donors (Lipinski definition) is 1. The smallest absolute Gasteiger partial charge is 0.291 e. The van der Waals surface area contributed by atoms with Crippen LogP contribution in [0.5, 0.6) is 0 Å². The molecule has 1 amide bonds. The summed E-state index contributed by atoms with van der Waals surface area (Å²) in [7, 11) is 0. The van der Waals surface area contributed by atoms with Gasteiger partial charge < -0.3 is 14.6 Å². The van der Waals surface area contributed by atoms with Gasteiger partial charge in [-0.2, -0.15) is 0 Å². The van der Waals surface area contributed by atoms with Gasteiger partial charge in [0.25, 0.3) is 5.91 Å². The molecule has 2 heterocycles. The number of carbonyl (C=O) groups excluding carboxylic acids is 1. The lowest BCUT2D eigenvalue weighted by atomic mass is 9.99. The van der Waals surface area contributed by atoms with Crippen LogP contribution in [0.4, 0.5) is 11.4 Å². The summed E-state index contributed by atoms with van der Waals surface area (Å²) in [5.41, 5.74) is 2.91. The number of furan rings is 1. The standard InChI is InChI=1S/C23H23BrN2O2/c1-16-12-14-26(15-13-16)20-8-6-19(7-9-20)25-23(27)22-11-10-21(28-22)17-2-4-18(24)5-3-17/h2-11,16H,12-15H2,1H3,(H,25,27). The van der Waals surface area contributed by atoms with E-state index in [0.29, 0.717) is 11.5 Å². The van der Waals surface area contributed by atoms with E-state index < -0.39 is 0 Å². The summed E-state index contributed by atoms with van der Waals surface area (Å²) in [6.45, 7) is 4.50. The Morgan fingerprint density at radius 3 is 2.36 bits per heavy atom. The number of piperidine rings is 1. The SMILES string of the molecule is CC1CCN(c2ccc(NC(=O)c3ccc(-c4ccc(Br)cc4)o3)cc2)CC1. The summed E-state index contributed by atoms with van der Waals surface area (Å²) in [4.78, 5) is 14.9. The normalized spacial score (nSPS) is 14.9. The fraction of sp³-hybridized carbons (Fsp3) is 0.261. The number of carbonyl (C=O) groups is 1. The summed E-state index contributed by atoms with van der Waals surface area (Å²) in [6, 6.07) is 19.4. The molecule has 28 heavy (non-hydrogen) atoms. The van der Waals surface area contributed by atoms with Crippen molar-refractivity contribution in [2.24, 2.45) is 5.92 Å². The van der Waals surface area contributed by atoms with Gasteiger partial charge in [-0.05, 0) is 67.3 Å². The van der Waals surface area contributed by atoms with Gasteiger partial charge in [0, 0.05) is 34.5 Å². The number of nitrogens with one attached hydrogen (secondary N) is 1. The van der Waals surface area contributed by atoms with Crippen molar-refractivity contribution < 1.29 is 9.21 Å². The van der Waals surface area contributed by atoms with Crippen molar-refractivity contribution in [2.45, 2.75) is 19.8 Å². The van der Waals surface area contributed by atoms with Crippen molar-refractivity contribution in [1.29, 1.82) is 0 Å². The molecule has 5 heteroatoms. The first-order valence-electron chi connectivity index (χ1n) is 9.60. The summed E-state index contributed by atoms with van der Waals surface area (Å²) in [5, 5.41) is 2.91. The second kappa shape index (κ2) is 8.23. The highest BCUT2D eigenvalue weighted by atomic mass is 79.9. The van der Waals surface area contributed by atoms with Crippen LogP contribution in [-0.2, 0) is 0 Å². The van der Waals surface area contributed by atoms with Gasteiger partial charge in [0.05, 0.1) is 0 Å². The molecule has 2 aromatic carbocycles. The van der Waals surface area contributed by atoms with Crippen LogP contribution in [0, 0.1) is 5.92 Å². The molecule has 0 bridgehead atoms. The van der Waals surface area contributed by atoms with Crippen LogP contribution in [-0.4, -0.2) is 19.0 Å². The fourth-order valence-corrected chi connectivity index (χ4v) is 3.71. The second-order valence-electron chi connectivity index (χ2n) is 7.34. The van der Waals surface area contributed by atoms with E-state index in [2.05, 4.69) is 45.2 Å². The van der Waals surface area contributed by atoms with E-state index in [4.69, 9.17) is 4.42 Å². The fourth-order valence-electron chi connectivity index (χ4n) is 3.44. The van der Waals surface area contributed by atoms with E-state index in [-0.39, 0.29) is 5.91 Å². The zero-order valence-corrected chi connectivity index (χ0v) is 17.4. The van der Waals surface area contributed by atoms with Gasteiger partial charge in [-0.3, -0.25) is 4.79 Å². The molecule has 1 aliphatic heterocycles. The van der Waals surface area contributed by atoms with Crippen LogP contribution >= 0.6 is 15.9 Å². The van der Waals surface area contributed by atoms with Crippen molar-refractivity contribution in [3.63, 3.8) is 0 Å². The number of benzene rings is 2. The number of amides is 1. The average Bonchev–Trinajstić information content (AvgIpc) is 3.20.